The average Bonchev–Trinajstić information content (AvgIpc) is 2.90. The number of benzene rings is 2. The second kappa shape index (κ2) is 6.64. The van der Waals surface area contributed by atoms with Crippen LogP contribution >= 0.6 is 31.9 Å². The highest BCUT2D eigenvalue weighted by molar-refractivity contribution is 9.13. The van der Waals surface area contributed by atoms with Gasteiger partial charge >= 0.3 is 5.97 Å². The van der Waals surface area contributed by atoms with Crippen molar-refractivity contribution in [3.8, 4) is 0 Å². The molecular formula is C16H10Br2FNO4S. The highest BCUT2D eigenvalue weighted by atomic mass is 79.9. The summed E-state index contributed by atoms with van der Waals surface area (Å²) in [5.41, 5.74) is 1.73. The first-order chi connectivity index (χ1) is 11.7. The summed E-state index contributed by atoms with van der Waals surface area (Å²) >= 11 is 6.72. The maximum Gasteiger partial charge on any atom is 0.339 e. The van der Waals surface area contributed by atoms with Gasteiger partial charge in [-0.05, 0) is 67.3 Å². The lowest BCUT2D eigenvalue weighted by Gasteiger charge is -2.08. The average molecular weight is 491 g/mol. The van der Waals surface area contributed by atoms with E-state index in [1.54, 1.807) is 18.2 Å². The first-order valence-corrected chi connectivity index (χ1v) is 10.00. The standard InChI is InChI=1S/C16H10Br2FNO4S/c17-11-3-1-9(5-12(11)18)15-10(7-24-16(15)21)8-2-4-14(13(19)6-8)25(20,22)23/h1-6H,7H2,(H2,20,22,23). The van der Waals surface area contributed by atoms with Crippen molar-refractivity contribution in [3.05, 3.63) is 62.3 Å². The maximum absolute atomic E-state index is 14.1. The van der Waals surface area contributed by atoms with Crippen LogP contribution in [0, 0.1) is 5.82 Å². The van der Waals surface area contributed by atoms with Crippen molar-refractivity contribution in [1.29, 1.82) is 0 Å². The molecule has 25 heavy (non-hydrogen) atoms. The normalized spacial score (nSPS) is 14.8. The molecule has 2 aromatic rings. The predicted molar refractivity (Wildman–Crippen MR) is 97.4 cm³/mol. The molecule has 130 valence electrons. The number of rotatable bonds is 3. The molecule has 1 aliphatic rings. The van der Waals surface area contributed by atoms with Gasteiger partial charge in [-0.1, -0.05) is 12.1 Å². The number of primary sulfonamides is 1. The Balaban J connectivity index is 2.16. The summed E-state index contributed by atoms with van der Waals surface area (Å²) in [5.74, 6) is -1.51. The third-order valence-corrected chi connectivity index (χ3v) is 6.47. The van der Waals surface area contributed by atoms with Crippen molar-refractivity contribution in [1.82, 2.24) is 0 Å². The Morgan fingerprint density at radius 1 is 1.04 bits per heavy atom. The Kier molecular flexibility index (Phi) is 4.84. The van der Waals surface area contributed by atoms with E-state index in [2.05, 4.69) is 31.9 Å². The molecule has 2 N–H and O–H groups in total. The van der Waals surface area contributed by atoms with Crippen molar-refractivity contribution >= 4 is 59.0 Å². The summed E-state index contributed by atoms with van der Waals surface area (Å²) < 4.78 is 43.4. The first-order valence-electron chi connectivity index (χ1n) is 6.87. The zero-order chi connectivity index (χ0) is 18.4. The zero-order valence-electron chi connectivity index (χ0n) is 12.4. The van der Waals surface area contributed by atoms with Gasteiger partial charge < -0.3 is 4.74 Å². The summed E-state index contributed by atoms with van der Waals surface area (Å²) in [5, 5.41) is 4.96. The zero-order valence-corrected chi connectivity index (χ0v) is 16.4. The van der Waals surface area contributed by atoms with E-state index in [1.807, 2.05) is 0 Å². The van der Waals surface area contributed by atoms with Crippen LogP contribution in [0.15, 0.2) is 50.2 Å². The molecule has 9 heteroatoms. The minimum atomic E-state index is -4.16. The van der Waals surface area contributed by atoms with Gasteiger partial charge in [0, 0.05) is 14.5 Å². The van der Waals surface area contributed by atoms with Gasteiger partial charge in [0.1, 0.15) is 17.3 Å². The smallest absolute Gasteiger partial charge is 0.339 e. The van der Waals surface area contributed by atoms with Crippen molar-refractivity contribution in [2.75, 3.05) is 6.61 Å². The minimum absolute atomic E-state index is 0.0317. The van der Waals surface area contributed by atoms with E-state index in [0.717, 1.165) is 21.1 Å². The molecule has 0 unspecified atom stereocenters. The molecule has 0 aromatic heterocycles. The molecule has 0 fully saturated rings. The molecule has 0 spiro atoms. The molecule has 0 aliphatic carbocycles. The Hall–Kier alpha value is -1.55. The second-order valence-corrected chi connectivity index (χ2v) is 8.49. The Morgan fingerprint density at radius 3 is 2.32 bits per heavy atom. The fourth-order valence-electron chi connectivity index (χ4n) is 2.50. The number of halogens is 3. The maximum atomic E-state index is 14.1. The summed E-state index contributed by atoms with van der Waals surface area (Å²) in [4.78, 5) is 11.5. The number of cyclic esters (lactones) is 1. The molecule has 1 heterocycles. The fraction of sp³-hybridized carbons (Fsp3) is 0.0625. The molecule has 5 nitrogen and oxygen atoms in total. The molecule has 0 amide bonds. The van der Waals surface area contributed by atoms with Gasteiger partial charge in [0.05, 0.1) is 5.57 Å². The van der Waals surface area contributed by atoms with Gasteiger partial charge in [0.2, 0.25) is 10.0 Å². The third kappa shape index (κ3) is 3.55. The van der Waals surface area contributed by atoms with Crippen LogP contribution in [0.2, 0.25) is 0 Å². The highest BCUT2D eigenvalue weighted by Crippen LogP contribution is 2.36. The summed E-state index contributed by atoms with van der Waals surface area (Å²) in [6.45, 7) is -0.0317. The van der Waals surface area contributed by atoms with Gasteiger partial charge in [0.15, 0.2) is 0 Å². The predicted octanol–water partition coefficient (Wildman–Crippen LogP) is 3.47. The van der Waals surface area contributed by atoms with Crippen molar-refractivity contribution in [2.45, 2.75) is 4.90 Å². The highest BCUT2D eigenvalue weighted by Gasteiger charge is 2.28. The number of carbonyl (C=O) groups excluding carboxylic acids is 1. The van der Waals surface area contributed by atoms with Crippen LogP contribution in [-0.4, -0.2) is 21.0 Å². The number of ether oxygens (including phenoxy) is 1. The van der Waals surface area contributed by atoms with Gasteiger partial charge in [0.25, 0.3) is 0 Å². The number of sulfonamides is 1. The Morgan fingerprint density at radius 2 is 1.72 bits per heavy atom. The van der Waals surface area contributed by atoms with Crippen LogP contribution in [0.3, 0.4) is 0 Å². The van der Waals surface area contributed by atoms with E-state index in [-0.39, 0.29) is 6.61 Å². The van der Waals surface area contributed by atoms with Crippen LogP contribution in [0.1, 0.15) is 11.1 Å². The van der Waals surface area contributed by atoms with Crippen molar-refractivity contribution in [2.24, 2.45) is 5.14 Å². The fourth-order valence-corrected chi connectivity index (χ4v) is 3.71. The van der Waals surface area contributed by atoms with Crippen LogP contribution in [0.25, 0.3) is 11.1 Å². The Bertz CT molecular complexity index is 1030. The van der Waals surface area contributed by atoms with Crippen LogP contribution < -0.4 is 5.14 Å². The first kappa shape index (κ1) is 18.2. The molecule has 0 radical (unpaired) electrons. The van der Waals surface area contributed by atoms with Crippen molar-refractivity contribution in [3.63, 3.8) is 0 Å². The monoisotopic (exact) mass is 489 g/mol. The van der Waals surface area contributed by atoms with Gasteiger partial charge in [-0.15, -0.1) is 0 Å². The second-order valence-electron chi connectivity index (χ2n) is 5.25. The van der Waals surface area contributed by atoms with E-state index in [1.165, 1.54) is 6.07 Å². The number of carbonyl (C=O) groups is 1. The number of esters is 1. The van der Waals surface area contributed by atoms with E-state index >= 15 is 0 Å². The summed E-state index contributed by atoms with van der Waals surface area (Å²) in [7, 11) is -4.16. The molecule has 0 saturated carbocycles. The molecule has 3 rings (SSSR count). The molecule has 1 aliphatic heterocycles. The van der Waals surface area contributed by atoms with E-state index < -0.39 is 26.7 Å². The Labute approximate surface area is 160 Å². The van der Waals surface area contributed by atoms with Crippen molar-refractivity contribution < 1.29 is 22.3 Å². The quantitative estimate of drug-likeness (QED) is 0.667. The van der Waals surface area contributed by atoms with Crippen LogP contribution in [-0.2, 0) is 19.6 Å². The molecule has 0 saturated heterocycles. The van der Waals surface area contributed by atoms with E-state index in [9.17, 15) is 17.6 Å². The molecular weight excluding hydrogens is 481 g/mol. The SMILES string of the molecule is NS(=O)(=O)c1ccc(C2=C(c3ccc(Br)c(Br)c3)C(=O)OC2)cc1F. The molecule has 0 atom stereocenters. The van der Waals surface area contributed by atoms with Gasteiger partial charge in [-0.25, -0.2) is 22.7 Å². The van der Waals surface area contributed by atoms with E-state index in [4.69, 9.17) is 9.88 Å². The molecule has 0 bridgehead atoms. The summed E-state index contributed by atoms with van der Waals surface area (Å²) in [6, 6.07) is 8.73. The van der Waals surface area contributed by atoms with Gasteiger partial charge in [-0.3, -0.25) is 0 Å². The van der Waals surface area contributed by atoms with Crippen LogP contribution in [0.4, 0.5) is 4.39 Å². The minimum Gasteiger partial charge on any atom is -0.457 e. The lowest BCUT2D eigenvalue weighted by Crippen LogP contribution is -2.14. The number of hydrogen-bond acceptors (Lipinski definition) is 4. The topological polar surface area (TPSA) is 86.5 Å². The molecule has 2 aromatic carbocycles. The third-order valence-electron chi connectivity index (χ3n) is 3.65. The number of hydrogen-bond donors (Lipinski definition) is 1. The van der Waals surface area contributed by atoms with Gasteiger partial charge in [-0.2, -0.15) is 0 Å². The lowest BCUT2D eigenvalue weighted by molar-refractivity contribution is -0.133. The lowest BCUT2D eigenvalue weighted by atomic mass is 9.97. The van der Waals surface area contributed by atoms with E-state index in [0.29, 0.717) is 22.3 Å². The summed E-state index contributed by atoms with van der Waals surface area (Å²) in [6.07, 6.45) is 0. The largest absolute Gasteiger partial charge is 0.457 e. The number of nitrogens with two attached hydrogens (primary N) is 1. The van der Waals surface area contributed by atoms with Crippen LogP contribution in [0.5, 0.6) is 0 Å².